The Bertz CT molecular complexity index is 1140. The quantitative estimate of drug-likeness (QED) is 0.0164. The van der Waals surface area contributed by atoms with E-state index in [0.29, 0.717) is 17.4 Å². The van der Waals surface area contributed by atoms with E-state index in [-0.39, 0.29) is 32.2 Å². The summed E-state index contributed by atoms with van der Waals surface area (Å²) in [6.45, 7) is 4.84. The van der Waals surface area contributed by atoms with Crippen molar-refractivity contribution in [2.45, 2.75) is 180 Å². The molecule has 57 heavy (non-hydrogen) atoms. The maximum atomic E-state index is 12.7. The normalized spacial score (nSPS) is 14.4. The molecule has 0 heterocycles. The summed E-state index contributed by atoms with van der Waals surface area (Å²) >= 11 is 0. The van der Waals surface area contributed by atoms with Crippen LogP contribution in [0.1, 0.15) is 174 Å². The molecule has 0 spiro atoms. The fourth-order valence-electron chi connectivity index (χ4n) is 5.73. The first-order chi connectivity index (χ1) is 27.6. The van der Waals surface area contributed by atoms with Crippen molar-refractivity contribution in [2.24, 2.45) is 0 Å². The summed E-state index contributed by atoms with van der Waals surface area (Å²) in [4.78, 5) is 22.9. The van der Waals surface area contributed by atoms with Crippen LogP contribution in [0.2, 0.25) is 0 Å². The monoisotopic (exact) mass is 821 g/mol. The zero-order chi connectivity index (χ0) is 42.0. The Morgan fingerprint density at radius 3 is 1.51 bits per heavy atom. The molecule has 0 aliphatic carbocycles. The Morgan fingerprint density at radius 1 is 0.561 bits per heavy atom. The molecule has 9 heteroatoms. The smallest absolute Gasteiger partial charge is 0.472 e. The van der Waals surface area contributed by atoms with E-state index in [4.69, 9.17) is 18.5 Å². The van der Waals surface area contributed by atoms with Crippen molar-refractivity contribution in [3.05, 3.63) is 73.1 Å². The molecule has 0 bridgehead atoms. The van der Waals surface area contributed by atoms with Crippen molar-refractivity contribution in [1.82, 2.24) is 0 Å². The second-order valence-corrected chi connectivity index (χ2v) is 17.6. The van der Waals surface area contributed by atoms with Crippen LogP contribution in [0.4, 0.5) is 0 Å². The number of rotatable bonds is 41. The summed E-state index contributed by atoms with van der Waals surface area (Å²) in [6, 6.07) is 0. The lowest BCUT2D eigenvalue weighted by Gasteiger charge is -2.24. The molecule has 330 valence electrons. The maximum absolute atomic E-state index is 12.7. The van der Waals surface area contributed by atoms with E-state index >= 15 is 0 Å². The minimum atomic E-state index is -4.31. The number of phosphoric acid groups is 1. The number of quaternary nitrogens is 1. The number of esters is 1. The highest BCUT2D eigenvalue weighted by molar-refractivity contribution is 7.47. The minimum Gasteiger partial charge on any atom is -0.498 e. The molecule has 0 fully saturated rings. The van der Waals surface area contributed by atoms with Crippen LogP contribution >= 0.6 is 7.82 Å². The average Bonchev–Trinajstić information content (AvgIpc) is 3.16. The zero-order valence-corrected chi connectivity index (χ0v) is 38.2. The van der Waals surface area contributed by atoms with Gasteiger partial charge in [0.25, 0.3) is 0 Å². The van der Waals surface area contributed by atoms with Gasteiger partial charge in [0.15, 0.2) is 6.10 Å². The molecule has 1 unspecified atom stereocenters. The second kappa shape index (κ2) is 40.6. The lowest BCUT2D eigenvalue weighted by atomic mass is 10.1. The summed E-state index contributed by atoms with van der Waals surface area (Å²) in [6.07, 6.45) is 53.1. The molecule has 0 aromatic heterocycles. The molecular formula is C48H87NO7P+. The van der Waals surface area contributed by atoms with Crippen molar-refractivity contribution >= 4 is 13.8 Å². The third kappa shape index (κ3) is 44.7. The Balaban J connectivity index is 4.38. The predicted molar refractivity (Wildman–Crippen MR) is 242 cm³/mol. The standard InChI is InChI=1S/C48H86NO7P/c1-6-8-10-12-14-16-18-20-22-24-25-26-27-29-31-33-35-37-39-41-48(50)56-47(46-55-57(51,52)54-44-42-49(3,4)5)45-53-43-40-38-36-34-32-30-28-23-21-19-17-15-13-11-9-7-2/h14,16,20-23,25-26,29,31,40,43,47H,6-13,15,17-19,24,27-28,30,32-39,41-42,44-46H2,1-5H3/p+1/b16-14-,22-20-,23-21-,26-25-,31-29-,43-40-/t47-/m1/s1. The van der Waals surface area contributed by atoms with Crippen molar-refractivity contribution < 1.29 is 37.3 Å². The van der Waals surface area contributed by atoms with Gasteiger partial charge in [0.1, 0.15) is 19.8 Å². The molecule has 0 saturated heterocycles. The van der Waals surface area contributed by atoms with Crippen molar-refractivity contribution in [3.8, 4) is 0 Å². The molecule has 2 atom stereocenters. The summed E-state index contributed by atoms with van der Waals surface area (Å²) < 4.78 is 34.7. The predicted octanol–water partition coefficient (Wildman–Crippen LogP) is 13.8. The number of phosphoric ester groups is 1. The number of carbonyl (C=O) groups excluding carboxylic acids is 1. The van der Waals surface area contributed by atoms with Gasteiger partial charge in [-0.05, 0) is 96.0 Å². The largest absolute Gasteiger partial charge is 0.498 e. The van der Waals surface area contributed by atoms with Gasteiger partial charge in [-0.3, -0.25) is 13.8 Å². The molecule has 0 aliphatic heterocycles. The van der Waals surface area contributed by atoms with Gasteiger partial charge in [-0.25, -0.2) is 4.57 Å². The minimum absolute atomic E-state index is 0.0261. The van der Waals surface area contributed by atoms with Crippen LogP contribution in [0.3, 0.4) is 0 Å². The topological polar surface area (TPSA) is 91.3 Å². The van der Waals surface area contributed by atoms with Crippen molar-refractivity contribution in [3.63, 3.8) is 0 Å². The summed E-state index contributed by atoms with van der Waals surface area (Å²) in [5.74, 6) is -0.370. The Labute approximate surface area is 351 Å². The molecule has 8 nitrogen and oxygen atoms in total. The Morgan fingerprint density at radius 2 is 0.982 bits per heavy atom. The summed E-state index contributed by atoms with van der Waals surface area (Å²) in [7, 11) is 1.60. The molecule has 0 aliphatic rings. The molecular weight excluding hydrogens is 734 g/mol. The number of nitrogens with zero attached hydrogens (tertiary/aromatic N) is 1. The van der Waals surface area contributed by atoms with E-state index in [1.54, 1.807) is 6.26 Å². The van der Waals surface area contributed by atoms with E-state index in [1.807, 2.05) is 27.2 Å². The van der Waals surface area contributed by atoms with Gasteiger partial charge in [-0.1, -0.05) is 139 Å². The van der Waals surface area contributed by atoms with E-state index in [2.05, 4.69) is 74.6 Å². The lowest BCUT2D eigenvalue weighted by Crippen LogP contribution is -2.37. The van der Waals surface area contributed by atoms with Gasteiger partial charge < -0.3 is 18.9 Å². The number of ether oxygens (including phenoxy) is 2. The SMILES string of the molecule is CCCCC/C=C\C/C=C\C/C=C\C/C=C\CCCCCC(=O)O[C@H](CO/C=C\CCCCCC/C=C\CCCCCCCC)COP(=O)(O)OCC[N+](C)(C)C. The van der Waals surface area contributed by atoms with Gasteiger partial charge in [0.2, 0.25) is 0 Å². The van der Waals surface area contributed by atoms with E-state index in [9.17, 15) is 14.3 Å². The summed E-state index contributed by atoms with van der Waals surface area (Å²) in [5, 5.41) is 0. The average molecular weight is 821 g/mol. The van der Waals surface area contributed by atoms with Crippen LogP contribution in [0.25, 0.3) is 0 Å². The number of carbonyl (C=O) groups is 1. The number of unbranched alkanes of at least 4 members (excludes halogenated alkanes) is 17. The van der Waals surface area contributed by atoms with Crippen LogP contribution in [-0.2, 0) is 27.9 Å². The van der Waals surface area contributed by atoms with Crippen molar-refractivity contribution in [1.29, 1.82) is 0 Å². The van der Waals surface area contributed by atoms with Crippen LogP contribution in [-0.4, -0.2) is 69.0 Å². The first kappa shape index (κ1) is 54.8. The molecule has 0 aromatic carbocycles. The van der Waals surface area contributed by atoms with Crippen LogP contribution in [0.5, 0.6) is 0 Å². The summed E-state index contributed by atoms with van der Waals surface area (Å²) in [5.41, 5.74) is 0. The molecule has 0 radical (unpaired) electrons. The van der Waals surface area contributed by atoms with Crippen LogP contribution in [0.15, 0.2) is 73.1 Å². The fourth-order valence-corrected chi connectivity index (χ4v) is 6.47. The number of likely N-dealkylation sites (N-methyl/N-ethyl adjacent to an activating group) is 1. The highest BCUT2D eigenvalue weighted by Crippen LogP contribution is 2.43. The van der Waals surface area contributed by atoms with E-state index < -0.39 is 13.9 Å². The first-order valence-corrected chi connectivity index (χ1v) is 24.2. The number of allylic oxidation sites excluding steroid dienone is 11. The van der Waals surface area contributed by atoms with E-state index in [0.717, 1.165) is 57.8 Å². The van der Waals surface area contributed by atoms with Gasteiger partial charge in [0, 0.05) is 6.42 Å². The highest BCUT2D eigenvalue weighted by Gasteiger charge is 2.26. The van der Waals surface area contributed by atoms with E-state index in [1.165, 1.54) is 89.9 Å². The zero-order valence-electron chi connectivity index (χ0n) is 37.3. The van der Waals surface area contributed by atoms with Gasteiger partial charge in [0.05, 0.1) is 34.0 Å². The first-order valence-electron chi connectivity index (χ1n) is 22.7. The molecule has 0 rings (SSSR count). The number of hydrogen-bond acceptors (Lipinski definition) is 6. The van der Waals surface area contributed by atoms with Gasteiger partial charge >= 0.3 is 13.8 Å². The number of hydrogen-bond donors (Lipinski definition) is 1. The van der Waals surface area contributed by atoms with Gasteiger partial charge in [-0.15, -0.1) is 0 Å². The van der Waals surface area contributed by atoms with Gasteiger partial charge in [-0.2, -0.15) is 0 Å². The maximum Gasteiger partial charge on any atom is 0.472 e. The third-order valence-corrected chi connectivity index (χ3v) is 10.3. The second-order valence-electron chi connectivity index (χ2n) is 16.1. The molecule has 0 saturated carbocycles. The molecule has 0 aromatic rings. The van der Waals surface area contributed by atoms with Crippen molar-refractivity contribution in [2.75, 3.05) is 47.5 Å². The van der Waals surface area contributed by atoms with Crippen LogP contribution < -0.4 is 0 Å². The third-order valence-electron chi connectivity index (χ3n) is 9.30. The lowest BCUT2D eigenvalue weighted by molar-refractivity contribution is -0.870. The fraction of sp³-hybridized carbons (Fsp3) is 0.729. The molecule has 0 amide bonds. The Hall–Kier alpha value is -2.22. The molecule has 1 N–H and O–H groups in total. The Kier molecular flexibility index (Phi) is 39.0. The highest BCUT2D eigenvalue weighted by atomic mass is 31.2. The van der Waals surface area contributed by atoms with Crippen LogP contribution in [0, 0.1) is 0 Å².